The molecule has 1 heterocycles. The summed E-state index contributed by atoms with van der Waals surface area (Å²) < 4.78 is 24.4. The minimum absolute atomic E-state index is 0.194. The van der Waals surface area contributed by atoms with Crippen molar-refractivity contribution in [3.05, 3.63) is 23.5 Å². The second kappa shape index (κ2) is 3.80. The predicted molar refractivity (Wildman–Crippen MR) is 43.5 cm³/mol. The van der Waals surface area contributed by atoms with Crippen LogP contribution in [0.3, 0.4) is 0 Å². The van der Waals surface area contributed by atoms with E-state index in [-0.39, 0.29) is 22.2 Å². The molecule has 0 saturated heterocycles. The summed E-state index contributed by atoms with van der Waals surface area (Å²) in [4.78, 5) is 3.46. The molecule has 0 fully saturated rings. The third kappa shape index (κ3) is 1.72. The molecule has 2 nitrogen and oxygen atoms in total. The fourth-order valence-electron chi connectivity index (χ4n) is 0.826. The maximum atomic E-state index is 12.2. The van der Waals surface area contributed by atoms with Crippen molar-refractivity contribution in [2.45, 2.75) is 11.8 Å². The summed E-state index contributed by atoms with van der Waals surface area (Å²) in [5.41, 5.74) is -0.0353. The Morgan fingerprint density at radius 3 is 2.58 bits per heavy atom. The third-order valence-corrected chi connectivity index (χ3v) is 2.00. The molecule has 0 aliphatic heterocycles. The highest BCUT2D eigenvalue weighted by Crippen LogP contribution is 2.29. The molecule has 1 rings (SSSR count). The van der Waals surface area contributed by atoms with Crippen molar-refractivity contribution in [2.24, 2.45) is 0 Å². The first-order valence-corrected chi connectivity index (χ1v) is 4.28. The number of halogens is 3. The number of rotatable bonds is 2. The first-order valence-electron chi connectivity index (χ1n) is 3.16. The average molecular weight is 238 g/mol. The fourth-order valence-corrected chi connectivity index (χ4v) is 1.44. The molecule has 0 bridgehead atoms. The first kappa shape index (κ1) is 9.38. The number of aromatic hydroxyl groups is 1. The Bertz CT molecular complexity index is 280. The molecule has 0 saturated carbocycles. The van der Waals surface area contributed by atoms with Crippen LogP contribution in [-0.4, -0.2) is 10.1 Å². The quantitative estimate of drug-likeness (QED) is 0.803. The fraction of sp³-hybridized carbons (Fsp3) is 0.286. The van der Waals surface area contributed by atoms with E-state index < -0.39 is 6.43 Å². The van der Waals surface area contributed by atoms with Crippen LogP contribution < -0.4 is 0 Å². The first-order chi connectivity index (χ1) is 5.66. The molecule has 1 N–H and O–H groups in total. The van der Waals surface area contributed by atoms with E-state index in [0.717, 1.165) is 12.4 Å². The SMILES string of the molecule is Oc1cncc(C(F)F)c1CBr. The molecule has 0 aliphatic carbocycles. The molecular formula is C7H6BrF2NO. The van der Waals surface area contributed by atoms with Crippen LogP contribution in [0.2, 0.25) is 0 Å². The smallest absolute Gasteiger partial charge is 0.265 e. The highest BCUT2D eigenvalue weighted by molar-refractivity contribution is 9.08. The number of aromatic nitrogens is 1. The normalized spacial score (nSPS) is 10.7. The molecule has 1 aromatic heterocycles. The standard InChI is InChI=1S/C7H6BrF2NO/c8-1-4-5(7(9)10)2-11-3-6(4)12/h2-3,7,12H,1H2. The number of nitrogens with zero attached hydrogens (tertiary/aromatic N) is 1. The van der Waals surface area contributed by atoms with Crippen molar-refractivity contribution >= 4 is 15.9 Å². The maximum Gasteiger partial charge on any atom is 0.265 e. The lowest BCUT2D eigenvalue weighted by molar-refractivity contribution is 0.149. The molecule has 5 heteroatoms. The van der Waals surface area contributed by atoms with Gasteiger partial charge in [0.05, 0.1) is 6.20 Å². The van der Waals surface area contributed by atoms with Gasteiger partial charge in [0.25, 0.3) is 6.43 Å². The summed E-state index contributed by atoms with van der Waals surface area (Å²) in [5.74, 6) is -0.204. The molecule has 0 atom stereocenters. The molecule has 0 unspecified atom stereocenters. The lowest BCUT2D eigenvalue weighted by Crippen LogP contribution is -1.93. The van der Waals surface area contributed by atoms with Crippen LogP contribution >= 0.6 is 15.9 Å². The lowest BCUT2D eigenvalue weighted by Gasteiger charge is -2.06. The van der Waals surface area contributed by atoms with Crippen LogP contribution in [0.5, 0.6) is 5.75 Å². The number of hydrogen-bond acceptors (Lipinski definition) is 2. The molecule has 0 radical (unpaired) electrons. The summed E-state index contributed by atoms with van der Waals surface area (Å²) in [7, 11) is 0. The molecule has 66 valence electrons. The van der Waals surface area contributed by atoms with Gasteiger partial charge in [-0.25, -0.2) is 8.78 Å². The van der Waals surface area contributed by atoms with Crippen LogP contribution in [0.1, 0.15) is 17.6 Å². The highest BCUT2D eigenvalue weighted by Gasteiger charge is 2.15. The Morgan fingerprint density at radius 1 is 1.50 bits per heavy atom. The van der Waals surface area contributed by atoms with Crippen molar-refractivity contribution in [3.63, 3.8) is 0 Å². The van der Waals surface area contributed by atoms with E-state index in [1.807, 2.05) is 0 Å². The van der Waals surface area contributed by atoms with Crippen molar-refractivity contribution in [2.75, 3.05) is 0 Å². The molecule has 0 amide bonds. The van der Waals surface area contributed by atoms with Gasteiger partial charge in [-0.3, -0.25) is 4.98 Å². The van der Waals surface area contributed by atoms with Gasteiger partial charge in [0, 0.05) is 22.7 Å². The van der Waals surface area contributed by atoms with Gasteiger partial charge < -0.3 is 5.11 Å². The molecule has 0 spiro atoms. The van der Waals surface area contributed by atoms with Crippen molar-refractivity contribution in [1.29, 1.82) is 0 Å². The van der Waals surface area contributed by atoms with Gasteiger partial charge in [0.2, 0.25) is 0 Å². The Morgan fingerprint density at radius 2 is 2.17 bits per heavy atom. The summed E-state index contributed by atoms with van der Waals surface area (Å²) >= 11 is 3.01. The van der Waals surface area contributed by atoms with Gasteiger partial charge in [-0.15, -0.1) is 0 Å². The second-order valence-corrected chi connectivity index (χ2v) is 2.72. The van der Waals surface area contributed by atoms with Crippen molar-refractivity contribution < 1.29 is 13.9 Å². The molecule has 1 aromatic rings. The van der Waals surface area contributed by atoms with Crippen molar-refractivity contribution in [3.8, 4) is 5.75 Å². The number of hydrogen-bond donors (Lipinski definition) is 1. The minimum atomic E-state index is -2.60. The molecule has 0 aliphatic rings. The van der Waals surface area contributed by atoms with Crippen LogP contribution in [0.25, 0.3) is 0 Å². The van der Waals surface area contributed by atoms with E-state index in [9.17, 15) is 8.78 Å². The number of alkyl halides is 3. The molecular weight excluding hydrogens is 232 g/mol. The van der Waals surface area contributed by atoms with E-state index in [2.05, 4.69) is 20.9 Å². The van der Waals surface area contributed by atoms with Gasteiger partial charge in [-0.2, -0.15) is 0 Å². The highest BCUT2D eigenvalue weighted by atomic mass is 79.9. The summed E-state index contributed by atoms with van der Waals surface area (Å²) in [6.07, 6.45) is -0.402. The second-order valence-electron chi connectivity index (χ2n) is 2.16. The monoisotopic (exact) mass is 237 g/mol. The Balaban J connectivity index is 3.18. The zero-order valence-electron chi connectivity index (χ0n) is 5.97. The minimum Gasteiger partial charge on any atom is -0.506 e. The summed E-state index contributed by atoms with van der Waals surface area (Å²) in [5, 5.41) is 9.31. The topological polar surface area (TPSA) is 33.1 Å². The average Bonchev–Trinajstić information content (AvgIpc) is 2.03. The largest absolute Gasteiger partial charge is 0.506 e. The van der Waals surface area contributed by atoms with Crippen molar-refractivity contribution in [1.82, 2.24) is 4.98 Å². The van der Waals surface area contributed by atoms with E-state index in [4.69, 9.17) is 5.11 Å². The van der Waals surface area contributed by atoms with Crippen LogP contribution in [0.4, 0.5) is 8.78 Å². The van der Waals surface area contributed by atoms with Crippen LogP contribution in [0.15, 0.2) is 12.4 Å². The van der Waals surface area contributed by atoms with E-state index in [0.29, 0.717) is 0 Å². The Labute approximate surface area is 76.4 Å². The zero-order chi connectivity index (χ0) is 9.14. The van der Waals surface area contributed by atoms with E-state index in [1.165, 1.54) is 0 Å². The van der Waals surface area contributed by atoms with Gasteiger partial charge in [-0.05, 0) is 0 Å². The molecule has 0 aromatic carbocycles. The lowest BCUT2D eigenvalue weighted by atomic mass is 10.1. The third-order valence-electron chi connectivity index (χ3n) is 1.44. The van der Waals surface area contributed by atoms with Gasteiger partial charge in [0.1, 0.15) is 5.75 Å². The Hall–Kier alpha value is -0.710. The summed E-state index contributed by atoms with van der Waals surface area (Å²) in [6, 6.07) is 0. The van der Waals surface area contributed by atoms with Gasteiger partial charge >= 0.3 is 0 Å². The van der Waals surface area contributed by atoms with Crippen LogP contribution in [-0.2, 0) is 5.33 Å². The zero-order valence-corrected chi connectivity index (χ0v) is 7.55. The maximum absolute atomic E-state index is 12.2. The number of pyridine rings is 1. The summed E-state index contributed by atoms with van der Waals surface area (Å²) in [6.45, 7) is 0. The van der Waals surface area contributed by atoms with Crippen LogP contribution in [0, 0.1) is 0 Å². The Kier molecular flexibility index (Phi) is 2.97. The van der Waals surface area contributed by atoms with E-state index in [1.54, 1.807) is 0 Å². The van der Waals surface area contributed by atoms with Gasteiger partial charge in [0.15, 0.2) is 0 Å². The van der Waals surface area contributed by atoms with E-state index >= 15 is 0 Å². The van der Waals surface area contributed by atoms with Gasteiger partial charge in [-0.1, -0.05) is 15.9 Å². The molecule has 12 heavy (non-hydrogen) atoms. The predicted octanol–water partition coefficient (Wildman–Crippen LogP) is 2.62.